The van der Waals surface area contributed by atoms with Gasteiger partial charge < -0.3 is 10.6 Å². The first-order valence-electron chi connectivity index (χ1n) is 7.64. The molecule has 0 saturated carbocycles. The molecule has 0 aromatic carbocycles. The minimum atomic E-state index is 0.464. The second-order valence-corrected chi connectivity index (χ2v) is 5.85. The van der Waals surface area contributed by atoms with Crippen molar-refractivity contribution in [3.63, 3.8) is 0 Å². The zero-order valence-corrected chi connectivity index (χ0v) is 14.0. The van der Waals surface area contributed by atoms with Crippen LogP contribution in [-0.2, 0) is 13.5 Å². The van der Waals surface area contributed by atoms with Crippen molar-refractivity contribution in [2.24, 2.45) is 7.05 Å². The highest BCUT2D eigenvalue weighted by atomic mass is 15.3. The van der Waals surface area contributed by atoms with E-state index in [1.807, 2.05) is 25.9 Å². The van der Waals surface area contributed by atoms with E-state index in [-0.39, 0.29) is 0 Å². The number of aryl methyl sites for hydroxylation is 3. The van der Waals surface area contributed by atoms with Crippen molar-refractivity contribution in [3.8, 4) is 0 Å². The van der Waals surface area contributed by atoms with Crippen molar-refractivity contribution in [2.75, 3.05) is 24.2 Å². The van der Waals surface area contributed by atoms with Crippen molar-refractivity contribution >= 4 is 22.8 Å². The molecule has 3 N–H and O–H groups in total. The molecule has 0 aliphatic carbocycles. The zero-order chi connectivity index (χ0) is 16.6. The van der Waals surface area contributed by atoms with Gasteiger partial charge in [-0.1, -0.05) is 0 Å². The molecule has 23 heavy (non-hydrogen) atoms. The predicted molar refractivity (Wildman–Crippen MR) is 90.4 cm³/mol. The number of anilines is 2. The fraction of sp³-hybridized carbons (Fsp3) is 0.467. The number of nitrogen functional groups attached to an aromatic ring is 1. The molecule has 0 saturated heterocycles. The van der Waals surface area contributed by atoms with Crippen molar-refractivity contribution < 1.29 is 0 Å². The van der Waals surface area contributed by atoms with Crippen LogP contribution in [0.3, 0.4) is 0 Å². The molecule has 0 bridgehead atoms. The summed E-state index contributed by atoms with van der Waals surface area (Å²) < 4.78 is 1.71. The maximum Gasteiger partial charge on any atom is 0.229 e. The normalized spacial score (nSPS) is 11.3. The van der Waals surface area contributed by atoms with Crippen LogP contribution in [0, 0.1) is 13.8 Å². The van der Waals surface area contributed by atoms with Crippen molar-refractivity contribution in [1.29, 1.82) is 0 Å². The molecule has 3 aromatic rings. The third-order valence-electron chi connectivity index (χ3n) is 4.15. The van der Waals surface area contributed by atoms with E-state index in [1.54, 1.807) is 10.9 Å². The number of H-pyrrole nitrogens is 1. The first-order chi connectivity index (χ1) is 11.0. The van der Waals surface area contributed by atoms with Crippen molar-refractivity contribution in [1.82, 2.24) is 29.9 Å². The van der Waals surface area contributed by atoms with E-state index in [1.165, 1.54) is 5.56 Å². The van der Waals surface area contributed by atoms with Crippen LogP contribution in [0.5, 0.6) is 0 Å². The van der Waals surface area contributed by atoms with Gasteiger partial charge in [-0.3, -0.25) is 9.78 Å². The molecular weight excluding hydrogens is 292 g/mol. The molecule has 0 aliphatic heterocycles. The molecule has 3 aromatic heterocycles. The Morgan fingerprint density at radius 1 is 1.30 bits per heavy atom. The molecule has 0 radical (unpaired) electrons. The van der Waals surface area contributed by atoms with Gasteiger partial charge in [0.2, 0.25) is 5.95 Å². The maximum atomic E-state index is 6.01. The van der Waals surface area contributed by atoms with Gasteiger partial charge in [0.25, 0.3) is 0 Å². The Kier molecular flexibility index (Phi) is 3.89. The second kappa shape index (κ2) is 5.86. The minimum Gasteiger partial charge on any atom is -0.383 e. The third kappa shape index (κ3) is 2.84. The average molecular weight is 314 g/mol. The van der Waals surface area contributed by atoms with Crippen LogP contribution in [-0.4, -0.2) is 43.5 Å². The predicted octanol–water partition coefficient (Wildman–Crippen LogP) is 1.35. The lowest BCUT2D eigenvalue weighted by atomic mass is 10.1. The molecule has 8 heteroatoms. The Bertz CT molecular complexity index is 812. The SMILES string of the molecule is Cc1n[nH]c(C)c1CCCN(C)c1nc(N)c2cnn(C)c2n1. The van der Waals surface area contributed by atoms with E-state index in [0.29, 0.717) is 11.8 Å². The topological polar surface area (TPSA) is 102 Å². The number of nitrogens with zero attached hydrogens (tertiary/aromatic N) is 6. The summed E-state index contributed by atoms with van der Waals surface area (Å²) in [5.41, 5.74) is 10.3. The molecule has 0 aliphatic rings. The number of nitrogens with one attached hydrogen (secondary N) is 1. The Hall–Kier alpha value is -2.64. The lowest BCUT2D eigenvalue weighted by Crippen LogP contribution is -2.22. The minimum absolute atomic E-state index is 0.464. The summed E-state index contributed by atoms with van der Waals surface area (Å²) in [4.78, 5) is 11.0. The van der Waals surface area contributed by atoms with Crippen LogP contribution in [0.1, 0.15) is 23.4 Å². The molecule has 0 fully saturated rings. The first-order valence-corrected chi connectivity index (χ1v) is 7.64. The van der Waals surface area contributed by atoms with Gasteiger partial charge in [0, 0.05) is 26.3 Å². The molecule has 0 atom stereocenters. The zero-order valence-electron chi connectivity index (χ0n) is 14.0. The van der Waals surface area contributed by atoms with E-state index < -0.39 is 0 Å². The molecule has 0 amide bonds. The first kappa shape index (κ1) is 15.3. The smallest absolute Gasteiger partial charge is 0.229 e. The number of hydrogen-bond donors (Lipinski definition) is 2. The van der Waals surface area contributed by atoms with Crippen LogP contribution >= 0.6 is 0 Å². The Morgan fingerprint density at radius 2 is 2.09 bits per heavy atom. The Balaban J connectivity index is 1.71. The van der Waals surface area contributed by atoms with Gasteiger partial charge in [0.05, 0.1) is 17.3 Å². The fourth-order valence-electron chi connectivity index (χ4n) is 2.74. The van der Waals surface area contributed by atoms with Crippen LogP contribution in [0.15, 0.2) is 6.20 Å². The summed E-state index contributed by atoms with van der Waals surface area (Å²) in [7, 11) is 3.83. The summed E-state index contributed by atoms with van der Waals surface area (Å²) in [6.07, 6.45) is 3.66. The monoisotopic (exact) mass is 314 g/mol. The molecule has 0 unspecified atom stereocenters. The number of hydrogen-bond acceptors (Lipinski definition) is 6. The summed E-state index contributed by atoms with van der Waals surface area (Å²) in [6, 6.07) is 0. The van der Waals surface area contributed by atoms with Gasteiger partial charge in [-0.2, -0.15) is 20.2 Å². The fourth-order valence-corrected chi connectivity index (χ4v) is 2.74. The highest BCUT2D eigenvalue weighted by Crippen LogP contribution is 2.20. The van der Waals surface area contributed by atoms with E-state index in [2.05, 4.69) is 32.2 Å². The van der Waals surface area contributed by atoms with Gasteiger partial charge in [-0.05, 0) is 32.3 Å². The molecule has 3 heterocycles. The van der Waals surface area contributed by atoms with Gasteiger partial charge in [-0.25, -0.2) is 0 Å². The van der Waals surface area contributed by atoms with Crippen LogP contribution < -0.4 is 10.6 Å². The van der Waals surface area contributed by atoms with E-state index in [0.717, 1.165) is 41.8 Å². The van der Waals surface area contributed by atoms with Gasteiger partial charge in [0.1, 0.15) is 5.82 Å². The molecule has 122 valence electrons. The van der Waals surface area contributed by atoms with Gasteiger partial charge >= 0.3 is 0 Å². The highest BCUT2D eigenvalue weighted by Gasteiger charge is 2.13. The summed E-state index contributed by atoms with van der Waals surface area (Å²) >= 11 is 0. The summed E-state index contributed by atoms with van der Waals surface area (Å²) in [5.74, 6) is 1.09. The standard InChI is InChI=1S/C15H22N8/c1-9-11(10(2)21-20-9)6-5-7-22(3)15-18-13(16)12-8-17-23(4)14(12)19-15/h8H,5-7H2,1-4H3,(H,20,21)(H2,16,18,19). The van der Waals surface area contributed by atoms with E-state index >= 15 is 0 Å². The van der Waals surface area contributed by atoms with Crippen LogP contribution in [0.4, 0.5) is 11.8 Å². The molecular formula is C15H22N8. The average Bonchev–Trinajstić information content (AvgIpc) is 3.04. The second-order valence-electron chi connectivity index (χ2n) is 5.85. The van der Waals surface area contributed by atoms with E-state index in [4.69, 9.17) is 5.73 Å². The maximum absolute atomic E-state index is 6.01. The van der Waals surface area contributed by atoms with Crippen molar-refractivity contribution in [3.05, 3.63) is 23.1 Å². The number of aromatic nitrogens is 6. The molecule has 3 rings (SSSR count). The van der Waals surface area contributed by atoms with E-state index in [9.17, 15) is 0 Å². The summed E-state index contributed by atoms with van der Waals surface area (Å²) in [6.45, 7) is 4.93. The van der Waals surface area contributed by atoms with Crippen LogP contribution in [0.2, 0.25) is 0 Å². The summed E-state index contributed by atoms with van der Waals surface area (Å²) in [5, 5.41) is 12.2. The van der Waals surface area contributed by atoms with Gasteiger partial charge in [-0.15, -0.1) is 0 Å². The highest BCUT2D eigenvalue weighted by molar-refractivity contribution is 5.86. The largest absolute Gasteiger partial charge is 0.383 e. The lowest BCUT2D eigenvalue weighted by molar-refractivity contribution is 0.755. The number of rotatable bonds is 5. The van der Waals surface area contributed by atoms with Crippen molar-refractivity contribution in [2.45, 2.75) is 26.7 Å². The lowest BCUT2D eigenvalue weighted by Gasteiger charge is -2.17. The third-order valence-corrected chi connectivity index (χ3v) is 4.15. The van der Waals surface area contributed by atoms with Gasteiger partial charge in [0.15, 0.2) is 5.65 Å². The Morgan fingerprint density at radius 3 is 2.78 bits per heavy atom. The molecule has 0 spiro atoms. The molecule has 8 nitrogen and oxygen atoms in total. The number of fused-ring (bicyclic) bond motifs is 1. The number of nitrogens with two attached hydrogens (primary N) is 1. The Labute approximate surface area is 134 Å². The quantitative estimate of drug-likeness (QED) is 0.737. The number of aromatic amines is 1. The van der Waals surface area contributed by atoms with Crippen LogP contribution in [0.25, 0.3) is 11.0 Å².